The number of rotatable bonds is 9. The number of nitrogens with one attached hydrogen (secondary N) is 1. The van der Waals surface area contributed by atoms with Gasteiger partial charge in [-0.25, -0.2) is 4.99 Å². The average molecular weight is 359 g/mol. The number of nitrogens with zero attached hydrogens (tertiary/aromatic N) is 3. The zero-order valence-corrected chi connectivity index (χ0v) is 17.6. The van der Waals surface area contributed by atoms with Gasteiger partial charge in [-0.15, -0.1) is 0 Å². The minimum Gasteiger partial charge on any atom is -0.369 e. The van der Waals surface area contributed by atoms with Crippen molar-refractivity contribution in [2.45, 2.75) is 65.8 Å². The second-order valence-electron chi connectivity index (χ2n) is 8.32. The van der Waals surface area contributed by atoms with Gasteiger partial charge >= 0.3 is 0 Å². The van der Waals surface area contributed by atoms with Crippen LogP contribution in [0.5, 0.6) is 0 Å². The quantitative estimate of drug-likeness (QED) is 0.492. The zero-order valence-electron chi connectivity index (χ0n) is 17.6. The first-order valence-electron chi connectivity index (χ1n) is 10.1. The first kappa shape index (κ1) is 20.8. The maximum Gasteiger partial charge on any atom is 0.129 e. The molecule has 0 spiro atoms. The smallest absolute Gasteiger partial charge is 0.129 e. The van der Waals surface area contributed by atoms with Gasteiger partial charge in [0.2, 0.25) is 0 Å². The number of hydrogen-bond donors (Lipinski definition) is 1. The number of allylic oxidation sites excluding steroid dienone is 2. The predicted molar refractivity (Wildman–Crippen MR) is 113 cm³/mol. The summed E-state index contributed by atoms with van der Waals surface area (Å²) >= 11 is 0. The largest absolute Gasteiger partial charge is 0.369 e. The third-order valence-corrected chi connectivity index (χ3v) is 5.68. The summed E-state index contributed by atoms with van der Waals surface area (Å²) in [4.78, 5) is 9.32. The molecule has 0 aromatic rings. The highest BCUT2D eigenvalue weighted by atomic mass is 15.3. The van der Waals surface area contributed by atoms with E-state index >= 15 is 0 Å². The zero-order chi connectivity index (χ0) is 19.3. The van der Waals surface area contributed by atoms with Gasteiger partial charge in [0.1, 0.15) is 5.82 Å². The van der Waals surface area contributed by atoms with Crippen molar-refractivity contribution in [3.05, 3.63) is 34.8 Å². The Morgan fingerprint density at radius 3 is 2.19 bits per heavy atom. The van der Waals surface area contributed by atoms with Crippen LogP contribution in [0.1, 0.15) is 60.3 Å². The molecule has 2 fully saturated rings. The lowest BCUT2D eigenvalue weighted by Gasteiger charge is -2.38. The van der Waals surface area contributed by atoms with Gasteiger partial charge in [0.25, 0.3) is 0 Å². The molecular weight excluding hydrogens is 320 g/mol. The molecule has 1 saturated heterocycles. The van der Waals surface area contributed by atoms with Crippen molar-refractivity contribution in [1.82, 2.24) is 15.1 Å². The number of unbranched alkanes of at least 4 members (excludes halogenated alkanes) is 1. The highest BCUT2D eigenvalue weighted by Gasteiger charge is 2.38. The number of hydrogen-bond acceptors (Lipinski definition) is 4. The Hall–Kier alpha value is -1.55. The minimum atomic E-state index is 0.191. The van der Waals surface area contributed by atoms with Crippen LogP contribution in [0, 0.1) is 0 Å². The van der Waals surface area contributed by atoms with Crippen molar-refractivity contribution in [1.29, 1.82) is 0 Å². The SMILES string of the molecule is C=N/C(NC1(C)CC1)=C(\C)C(C(=C)N1CCN(CCCC)CC1)=C(C)C. The van der Waals surface area contributed by atoms with Gasteiger partial charge in [0.15, 0.2) is 0 Å². The molecule has 0 amide bonds. The Morgan fingerprint density at radius 2 is 1.73 bits per heavy atom. The Kier molecular flexibility index (Phi) is 7.10. The Labute approximate surface area is 160 Å². The second-order valence-corrected chi connectivity index (χ2v) is 8.32. The third-order valence-electron chi connectivity index (χ3n) is 5.68. The summed E-state index contributed by atoms with van der Waals surface area (Å²) in [7, 11) is 0. The van der Waals surface area contributed by atoms with Crippen LogP contribution in [0.3, 0.4) is 0 Å². The molecule has 0 aromatic carbocycles. The maximum absolute atomic E-state index is 4.46. The van der Waals surface area contributed by atoms with E-state index in [9.17, 15) is 0 Å². The van der Waals surface area contributed by atoms with E-state index in [0.29, 0.717) is 0 Å². The van der Waals surface area contributed by atoms with E-state index in [2.05, 4.69) is 68.0 Å². The summed E-state index contributed by atoms with van der Waals surface area (Å²) in [6.45, 7) is 24.8. The lowest BCUT2D eigenvalue weighted by molar-refractivity contribution is 0.159. The van der Waals surface area contributed by atoms with Crippen LogP contribution in [-0.2, 0) is 0 Å². The molecule has 1 aliphatic heterocycles. The van der Waals surface area contributed by atoms with E-state index in [1.165, 1.54) is 43.4 Å². The molecule has 2 aliphatic rings. The first-order chi connectivity index (χ1) is 12.3. The molecule has 0 radical (unpaired) electrons. The highest BCUT2D eigenvalue weighted by molar-refractivity contribution is 5.49. The van der Waals surface area contributed by atoms with Crippen LogP contribution in [0.4, 0.5) is 0 Å². The molecule has 0 aromatic heterocycles. The lowest BCUT2D eigenvalue weighted by atomic mass is 9.98. The van der Waals surface area contributed by atoms with Gasteiger partial charge in [0, 0.05) is 48.6 Å². The standard InChI is InChI=1S/C22H38N4/c1-8-9-12-25-13-15-26(16-14-25)19(5)20(17(2)3)18(4)21(23-7)24-22(6)10-11-22/h24H,5,7-16H2,1-4,6H3/b21-18-. The molecule has 1 saturated carbocycles. The highest BCUT2D eigenvalue weighted by Crippen LogP contribution is 2.37. The fraction of sp³-hybridized carbons (Fsp3) is 0.682. The van der Waals surface area contributed by atoms with Gasteiger partial charge in [-0.2, -0.15) is 0 Å². The van der Waals surface area contributed by atoms with Crippen molar-refractivity contribution in [2.75, 3.05) is 32.7 Å². The fourth-order valence-electron chi connectivity index (χ4n) is 3.63. The van der Waals surface area contributed by atoms with Crippen molar-refractivity contribution >= 4 is 6.72 Å². The summed E-state index contributed by atoms with van der Waals surface area (Å²) in [5.74, 6) is 0.906. The van der Waals surface area contributed by atoms with Crippen LogP contribution < -0.4 is 5.32 Å². The molecule has 1 N–H and O–H groups in total. The number of piperazine rings is 1. The van der Waals surface area contributed by atoms with Gasteiger partial charge in [-0.1, -0.05) is 25.5 Å². The first-order valence-corrected chi connectivity index (χ1v) is 10.1. The molecule has 146 valence electrons. The number of aliphatic imine (C=N–C) groups is 1. The molecule has 4 nitrogen and oxygen atoms in total. The normalized spacial score (nSPS) is 20.3. The van der Waals surface area contributed by atoms with E-state index in [0.717, 1.165) is 43.3 Å². The van der Waals surface area contributed by atoms with Crippen LogP contribution in [0.2, 0.25) is 0 Å². The van der Waals surface area contributed by atoms with Gasteiger partial charge < -0.3 is 10.2 Å². The molecule has 1 heterocycles. The topological polar surface area (TPSA) is 30.9 Å². The Morgan fingerprint density at radius 1 is 1.12 bits per heavy atom. The molecule has 26 heavy (non-hydrogen) atoms. The van der Waals surface area contributed by atoms with Gasteiger partial charge in [0.05, 0.1) is 0 Å². The lowest BCUT2D eigenvalue weighted by Crippen LogP contribution is -2.46. The van der Waals surface area contributed by atoms with E-state index in [1.807, 2.05) is 0 Å². The van der Waals surface area contributed by atoms with Crippen LogP contribution in [-0.4, -0.2) is 54.8 Å². The van der Waals surface area contributed by atoms with Crippen LogP contribution in [0.25, 0.3) is 0 Å². The monoisotopic (exact) mass is 358 g/mol. The maximum atomic E-state index is 4.46. The van der Waals surface area contributed by atoms with Crippen LogP contribution >= 0.6 is 0 Å². The fourth-order valence-corrected chi connectivity index (χ4v) is 3.63. The molecule has 0 unspecified atom stereocenters. The predicted octanol–water partition coefficient (Wildman–Crippen LogP) is 4.33. The van der Waals surface area contributed by atoms with Crippen LogP contribution in [0.15, 0.2) is 39.8 Å². The summed E-state index contributed by atoms with van der Waals surface area (Å²) in [6, 6.07) is 0. The molecule has 0 bridgehead atoms. The molecule has 0 atom stereocenters. The molecular formula is C22H38N4. The van der Waals surface area contributed by atoms with Gasteiger partial charge in [-0.3, -0.25) is 4.90 Å². The average Bonchev–Trinajstić information content (AvgIpc) is 3.35. The minimum absolute atomic E-state index is 0.191. The second kappa shape index (κ2) is 8.90. The van der Waals surface area contributed by atoms with Gasteiger partial charge in [-0.05, 0) is 60.2 Å². The third kappa shape index (κ3) is 5.23. The van der Waals surface area contributed by atoms with Crippen molar-refractivity contribution in [3.8, 4) is 0 Å². The Bertz CT molecular complexity index is 583. The van der Waals surface area contributed by atoms with Crippen molar-refractivity contribution < 1.29 is 0 Å². The van der Waals surface area contributed by atoms with E-state index in [1.54, 1.807) is 0 Å². The van der Waals surface area contributed by atoms with E-state index < -0.39 is 0 Å². The van der Waals surface area contributed by atoms with Crippen molar-refractivity contribution in [2.24, 2.45) is 4.99 Å². The summed E-state index contributed by atoms with van der Waals surface area (Å²) < 4.78 is 0. The van der Waals surface area contributed by atoms with E-state index in [4.69, 9.17) is 0 Å². The molecule has 1 aliphatic carbocycles. The Balaban J connectivity index is 2.11. The van der Waals surface area contributed by atoms with Crippen molar-refractivity contribution in [3.63, 3.8) is 0 Å². The summed E-state index contributed by atoms with van der Waals surface area (Å²) in [6.07, 6.45) is 4.96. The molecule has 4 heteroatoms. The summed E-state index contributed by atoms with van der Waals surface area (Å²) in [5, 5.41) is 3.59. The van der Waals surface area contributed by atoms with E-state index in [-0.39, 0.29) is 5.54 Å². The molecule has 2 rings (SSSR count). The summed E-state index contributed by atoms with van der Waals surface area (Å²) in [5.41, 5.74) is 4.99.